The van der Waals surface area contributed by atoms with Crippen LogP contribution in [0.1, 0.15) is 95.0 Å². The molecule has 4 aromatic heterocycles. The van der Waals surface area contributed by atoms with Crippen LogP contribution in [0.4, 0.5) is 0 Å². The minimum absolute atomic E-state index is 0.898. The van der Waals surface area contributed by atoms with Gasteiger partial charge in [0.15, 0.2) is 0 Å². The van der Waals surface area contributed by atoms with E-state index in [1.54, 1.807) is 0 Å². The van der Waals surface area contributed by atoms with Crippen LogP contribution in [0, 0.1) is 0 Å². The Morgan fingerprint density at radius 3 is 0.679 bits per heavy atom. The van der Waals surface area contributed by atoms with E-state index < -0.39 is 0 Å². The summed E-state index contributed by atoms with van der Waals surface area (Å²) in [7, 11) is 0. The first-order valence-corrected chi connectivity index (χ1v) is 20.2. The van der Waals surface area contributed by atoms with Gasteiger partial charge in [0.05, 0.1) is 22.8 Å². The highest BCUT2D eigenvalue weighted by Crippen LogP contribution is 2.36. The van der Waals surface area contributed by atoms with E-state index in [-0.39, 0.29) is 0 Å². The van der Waals surface area contributed by atoms with E-state index in [0.717, 1.165) is 69.9 Å². The smallest absolute Gasteiger partial charge is 0.0521 e. The maximum Gasteiger partial charge on any atom is 0.0521 e. The van der Waals surface area contributed by atoms with Gasteiger partial charge in [-0.25, -0.2) is 0 Å². The van der Waals surface area contributed by atoms with Gasteiger partial charge in [-0.1, -0.05) is 149 Å². The molecular formula is C52H48N4. The van der Waals surface area contributed by atoms with Crippen LogP contribution in [-0.2, 0) is 25.7 Å². The van der Waals surface area contributed by atoms with Crippen molar-refractivity contribution < 1.29 is 0 Å². The number of aromatic amines is 4. The largest absolute Gasteiger partial charge is 0.354 e. The zero-order valence-electron chi connectivity index (χ0n) is 32.7. The fraction of sp³-hybridized carbons (Fsp3) is 0.154. The summed E-state index contributed by atoms with van der Waals surface area (Å²) in [6, 6.07) is 52.6. The first-order chi connectivity index (χ1) is 27.6. The van der Waals surface area contributed by atoms with Crippen molar-refractivity contribution in [2.45, 2.75) is 53.4 Å². The molecule has 0 spiro atoms. The lowest BCUT2D eigenvalue weighted by Gasteiger charge is -2.11. The highest BCUT2D eigenvalue weighted by Gasteiger charge is 2.26. The molecule has 5 heterocycles. The van der Waals surface area contributed by atoms with E-state index in [4.69, 9.17) is 0 Å². The molecule has 8 aromatic rings. The molecule has 0 amide bonds. The minimum Gasteiger partial charge on any atom is -0.354 e. The van der Waals surface area contributed by atoms with Crippen LogP contribution in [0.5, 0.6) is 0 Å². The Morgan fingerprint density at radius 2 is 0.482 bits per heavy atom. The monoisotopic (exact) mass is 728 g/mol. The fourth-order valence-electron chi connectivity index (χ4n) is 9.10. The lowest BCUT2D eigenvalue weighted by molar-refractivity contribution is 1.04. The van der Waals surface area contributed by atoms with Crippen molar-refractivity contribution in [3.63, 3.8) is 0 Å². The summed E-state index contributed by atoms with van der Waals surface area (Å²) in [5, 5.41) is 4.32. The molecule has 1 aliphatic heterocycles. The van der Waals surface area contributed by atoms with Crippen LogP contribution in [0.2, 0.25) is 0 Å². The number of fused-ring (bicyclic) bond motifs is 8. The molecule has 0 atom stereocenters. The fourth-order valence-corrected chi connectivity index (χ4v) is 9.10. The van der Waals surface area contributed by atoms with Crippen LogP contribution in [0.25, 0.3) is 22.3 Å². The minimum atomic E-state index is 0.898. The van der Waals surface area contributed by atoms with E-state index >= 15 is 0 Å². The number of hydrogen-bond acceptors (Lipinski definition) is 0. The van der Waals surface area contributed by atoms with Gasteiger partial charge in [-0.3, -0.25) is 0 Å². The van der Waals surface area contributed by atoms with Crippen molar-refractivity contribution in [2.75, 3.05) is 0 Å². The van der Waals surface area contributed by atoms with Crippen molar-refractivity contribution in [3.05, 3.63) is 234 Å². The predicted molar refractivity (Wildman–Crippen MR) is 231 cm³/mol. The normalized spacial score (nSPS) is 16.6. The van der Waals surface area contributed by atoms with Crippen molar-refractivity contribution >= 4 is 22.3 Å². The van der Waals surface area contributed by atoms with Gasteiger partial charge in [-0.2, -0.15) is 0 Å². The number of nitrogens with one attached hydrogen (secondary N) is 4. The Kier molecular flexibility index (Phi) is 9.40. The SMILES string of the molecule is CCc1c2[nH]c(c1CC)/C(c1ccccc1)=c1/cc/c([nH]1)=C(\c1ccccc1)c1[nH]c(c(CC)c1CC)/C(c1ccccc1)=c1/cc/c([nH]1)=C/2c1ccccc1. The number of aromatic nitrogens is 4. The van der Waals surface area contributed by atoms with Crippen LogP contribution in [-0.4, -0.2) is 19.9 Å². The Bertz CT molecular complexity index is 2520. The predicted octanol–water partition coefficient (Wildman–Crippen LogP) is 8.55. The lowest BCUT2D eigenvalue weighted by Crippen LogP contribution is -2.19. The van der Waals surface area contributed by atoms with E-state index in [9.17, 15) is 0 Å². The Labute approximate surface area is 328 Å². The molecule has 0 fully saturated rings. The zero-order valence-corrected chi connectivity index (χ0v) is 32.7. The molecule has 0 saturated heterocycles. The average Bonchev–Trinajstić information content (AvgIpc) is 4.06. The third-order valence-corrected chi connectivity index (χ3v) is 11.5. The molecule has 0 radical (unpaired) electrons. The Hall–Kier alpha value is -6.52. The third-order valence-electron chi connectivity index (χ3n) is 11.5. The van der Waals surface area contributed by atoms with E-state index in [1.165, 1.54) is 66.8 Å². The number of H-pyrrole nitrogens is 4. The molecule has 56 heavy (non-hydrogen) atoms. The second-order valence-electron chi connectivity index (χ2n) is 14.6. The average molecular weight is 729 g/mol. The number of hydrogen-bond donors (Lipinski definition) is 4. The van der Waals surface area contributed by atoms with Gasteiger partial charge >= 0.3 is 0 Å². The third kappa shape index (κ3) is 5.93. The summed E-state index contributed by atoms with van der Waals surface area (Å²) in [5.41, 5.74) is 19.4. The van der Waals surface area contributed by atoms with Gasteiger partial charge in [-0.15, -0.1) is 0 Å². The standard InChI is InChI=1S/C52H48N4/c1-5-37-38(6-2)50-46(34-23-15-10-16-24-34)42-31-32-44(54-42)48(36-27-19-12-20-28-36)52-40(8-4)39(7-3)51(56-52)47(35-25-17-11-18-26-35)43-30-29-41(53-43)45(49(37)55-50)33-21-13-9-14-22-33/h9-32,53-56H,5-8H2,1-4H3/b45-41-,46-42-,47-43-,48-44-,49-45?,50-46?,51-47?,52-48?. The first kappa shape index (κ1) is 35.2. The zero-order chi connectivity index (χ0) is 38.2. The van der Waals surface area contributed by atoms with Crippen LogP contribution >= 0.6 is 0 Å². The van der Waals surface area contributed by atoms with Gasteiger partial charge in [0.25, 0.3) is 0 Å². The topological polar surface area (TPSA) is 63.2 Å². The quantitative estimate of drug-likeness (QED) is 0.121. The van der Waals surface area contributed by atoms with Gasteiger partial charge in [0, 0.05) is 43.7 Å². The number of rotatable bonds is 8. The Balaban J connectivity index is 1.55. The molecule has 4 aromatic carbocycles. The molecule has 4 nitrogen and oxygen atoms in total. The summed E-state index contributed by atoms with van der Waals surface area (Å²) in [6.07, 6.45) is 3.59. The van der Waals surface area contributed by atoms with Crippen molar-refractivity contribution in [3.8, 4) is 0 Å². The van der Waals surface area contributed by atoms with Crippen LogP contribution < -0.4 is 21.4 Å². The number of benzene rings is 4. The molecule has 0 unspecified atom stereocenters. The molecule has 9 rings (SSSR count). The van der Waals surface area contributed by atoms with Gasteiger partial charge in [0.2, 0.25) is 0 Å². The van der Waals surface area contributed by atoms with E-state index in [1.807, 2.05) is 0 Å². The lowest BCUT2D eigenvalue weighted by atomic mass is 9.93. The second-order valence-corrected chi connectivity index (χ2v) is 14.6. The molecule has 276 valence electrons. The summed E-state index contributed by atoms with van der Waals surface area (Å²) in [5.74, 6) is 0. The Morgan fingerprint density at radius 1 is 0.268 bits per heavy atom. The van der Waals surface area contributed by atoms with E-state index in [0.29, 0.717) is 0 Å². The van der Waals surface area contributed by atoms with E-state index in [2.05, 4.69) is 193 Å². The van der Waals surface area contributed by atoms with Gasteiger partial charge in [0.1, 0.15) is 0 Å². The highest BCUT2D eigenvalue weighted by molar-refractivity contribution is 5.88. The van der Waals surface area contributed by atoms with Crippen LogP contribution in [0.15, 0.2) is 146 Å². The summed E-state index contributed by atoms with van der Waals surface area (Å²) < 4.78 is 0. The summed E-state index contributed by atoms with van der Waals surface area (Å²) in [4.78, 5) is 16.3. The van der Waals surface area contributed by atoms with Gasteiger partial charge < -0.3 is 19.9 Å². The molecule has 4 heteroatoms. The molecule has 0 saturated carbocycles. The second kappa shape index (κ2) is 15.0. The molecule has 8 bridgehead atoms. The summed E-state index contributed by atoms with van der Waals surface area (Å²) in [6.45, 7) is 9.16. The van der Waals surface area contributed by atoms with Gasteiger partial charge in [-0.05, 0) is 94.5 Å². The maximum absolute atomic E-state index is 4.12. The molecule has 4 N–H and O–H groups in total. The highest BCUT2D eigenvalue weighted by atomic mass is 14.8. The summed E-state index contributed by atoms with van der Waals surface area (Å²) >= 11 is 0. The molecular weight excluding hydrogens is 681 g/mol. The van der Waals surface area contributed by atoms with Crippen molar-refractivity contribution in [1.29, 1.82) is 0 Å². The van der Waals surface area contributed by atoms with Crippen molar-refractivity contribution in [1.82, 2.24) is 19.9 Å². The van der Waals surface area contributed by atoms with Crippen LogP contribution in [0.3, 0.4) is 0 Å². The molecule has 1 aliphatic rings. The maximum atomic E-state index is 4.12. The molecule has 0 aliphatic carbocycles. The first-order valence-electron chi connectivity index (χ1n) is 20.2. The van der Waals surface area contributed by atoms with Crippen molar-refractivity contribution in [2.24, 2.45) is 0 Å².